The number of anilines is 1. The van der Waals surface area contributed by atoms with Crippen molar-refractivity contribution in [2.45, 2.75) is 12.3 Å². The molecule has 1 amide bonds. The van der Waals surface area contributed by atoms with E-state index in [1.165, 1.54) is 6.20 Å². The molecule has 4 rings (SSSR count). The molecule has 3 aromatic rings. The van der Waals surface area contributed by atoms with E-state index in [9.17, 15) is 14.7 Å². The number of amides is 1. The highest BCUT2D eigenvalue weighted by molar-refractivity contribution is 7.10. The lowest BCUT2D eigenvalue weighted by Crippen LogP contribution is -2.25. The second kappa shape index (κ2) is 7.05. The second-order valence-corrected chi connectivity index (χ2v) is 7.32. The SMILES string of the molecule is COc1ccc(-n2cc(C(=O)O)c3c2[C@H](c2cccs2)CC(=O)N3)c(OC)c1. The molecular formula is C20H18N2O5S. The second-order valence-electron chi connectivity index (χ2n) is 6.34. The van der Waals surface area contributed by atoms with E-state index in [0.29, 0.717) is 22.9 Å². The molecule has 28 heavy (non-hydrogen) atoms. The summed E-state index contributed by atoms with van der Waals surface area (Å²) in [7, 11) is 3.11. The van der Waals surface area contributed by atoms with Crippen LogP contribution in [0.25, 0.3) is 5.69 Å². The molecule has 1 aliphatic rings. The Morgan fingerprint density at radius 2 is 2.11 bits per heavy atom. The smallest absolute Gasteiger partial charge is 0.339 e. The van der Waals surface area contributed by atoms with Crippen molar-refractivity contribution in [3.05, 3.63) is 58.0 Å². The lowest BCUT2D eigenvalue weighted by atomic mass is 9.93. The van der Waals surface area contributed by atoms with Crippen molar-refractivity contribution in [1.29, 1.82) is 0 Å². The third-order valence-electron chi connectivity index (χ3n) is 4.79. The monoisotopic (exact) mass is 398 g/mol. The number of aromatic carboxylic acids is 1. The average molecular weight is 398 g/mol. The largest absolute Gasteiger partial charge is 0.497 e. The summed E-state index contributed by atoms with van der Waals surface area (Å²) in [5.41, 5.74) is 1.77. The van der Waals surface area contributed by atoms with Crippen molar-refractivity contribution in [2.24, 2.45) is 0 Å². The highest BCUT2D eigenvalue weighted by Gasteiger charge is 2.35. The number of thiophene rings is 1. The zero-order chi connectivity index (χ0) is 19.8. The van der Waals surface area contributed by atoms with Crippen LogP contribution in [0.4, 0.5) is 5.69 Å². The Labute approximate surface area is 165 Å². The minimum absolute atomic E-state index is 0.0440. The molecule has 0 bridgehead atoms. The zero-order valence-corrected chi connectivity index (χ0v) is 16.1. The molecule has 144 valence electrons. The third-order valence-corrected chi connectivity index (χ3v) is 5.78. The first-order chi connectivity index (χ1) is 13.5. The Bertz CT molecular complexity index is 1050. The molecule has 2 aromatic heterocycles. The van der Waals surface area contributed by atoms with E-state index in [1.54, 1.807) is 42.3 Å². The van der Waals surface area contributed by atoms with Gasteiger partial charge in [0.05, 0.1) is 31.3 Å². The summed E-state index contributed by atoms with van der Waals surface area (Å²) in [6, 6.07) is 9.22. The number of carboxylic acids is 1. The number of carbonyl (C=O) groups is 2. The maximum Gasteiger partial charge on any atom is 0.339 e. The minimum atomic E-state index is -1.10. The summed E-state index contributed by atoms with van der Waals surface area (Å²) >= 11 is 1.54. The van der Waals surface area contributed by atoms with E-state index in [2.05, 4.69) is 5.32 Å². The number of aromatic nitrogens is 1. The van der Waals surface area contributed by atoms with Gasteiger partial charge in [-0.15, -0.1) is 11.3 Å². The predicted octanol–water partition coefficient (Wildman–Crippen LogP) is 3.73. The van der Waals surface area contributed by atoms with Crippen molar-refractivity contribution >= 4 is 28.9 Å². The van der Waals surface area contributed by atoms with Gasteiger partial charge in [-0.1, -0.05) is 6.07 Å². The summed E-state index contributed by atoms with van der Waals surface area (Å²) in [6.07, 6.45) is 1.78. The zero-order valence-electron chi connectivity index (χ0n) is 15.3. The van der Waals surface area contributed by atoms with Gasteiger partial charge in [-0.3, -0.25) is 4.79 Å². The lowest BCUT2D eigenvalue weighted by molar-refractivity contribution is -0.116. The molecule has 7 nitrogen and oxygen atoms in total. The van der Waals surface area contributed by atoms with Gasteiger partial charge >= 0.3 is 5.97 Å². The van der Waals surface area contributed by atoms with Gasteiger partial charge in [-0.2, -0.15) is 0 Å². The highest BCUT2D eigenvalue weighted by Crippen LogP contribution is 2.44. The van der Waals surface area contributed by atoms with Gasteiger partial charge in [0.1, 0.15) is 17.1 Å². The molecule has 0 unspecified atom stereocenters. The van der Waals surface area contributed by atoms with Crippen molar-refractivity contribution < 1.29 is 24.2 Å². The Kier molecular flexibility index (Phi) is 4.56. The van der Waals surface area contributed by atoms with Crippen LogP contribution in [0.5, 0.6) is 11.5 Å². The van der Waals surface area contributed by atoms with Gasteiger partial charge in [0.15, 0.2) is 0 Å². The highest BCUT2D eigenvalue weighted by atomic mass is 32.1. The minimum Gasteiger partial charge on any atom is -0.497 e. The Hall–Kier alpha value is -3.26. The fourth-order valence-corrected chi connectivity index (χ4v) is 4.37. The number of hydrogen-bond acceptors (Lipinski definition) is 5. The molecule has 0 spiro atoms. The van der Waals surface area contributed by atoms with Gasteiger partial charge in [-0.05, 0) is 23.6 Å². The molecular weight excluding hydrogens is 380 g/mol. The van der Waals surface area contributed by atoms with Gasteiger partial charge in [-0.25, -0.2) is 4.79 Å². The molecule has 0 fully saturated rings. The van der Waals surface area contributed by atoms with Crippen molar-refractivity contribution in [3.8, 4) is 17.2 Å². The first kappa shape index (κ1) is 18.1. The van der Waals surface area contributed by atoms with Crippen LogP contribution in [-0.2, 0) is 4.79 Å². The van der Waals surface area contributed by atoms with E-state index in [0.717, 1.165) is 10.6 Å². The average Bonchev–Trinajstić information content (AvgIpc) is 3.35. The van der Waals surface area contributed by atoms with E-state index >= 15 is 0 Å². The van der Waals surface area contributed by atoms with Gasteiger partial charge in [0, 0.05) is 29.5 Å². The molecule has 0 saturated heterocycles. The summed E-state index contributed by atoms with van der Waals surface area (Å²) < 4.78 is 12.6. The molecule has 0 radical (unpaired) electrons. The predicted molar refractivity (Wildman–Crippen MR) is 105 cm³/mol. The molecule has 1 aromatic carbocycles. The Balaban J connectivity index is 1.98. The van der Waals surface area contributed by atoms with Crippen LogP contribution in [0.15, 0.2) is 41.9 Å². The molecule has 2 N–H and O–H groups in total. The van der Waals surface area contributed by atoms with E-state index in [1.807, 2.05) is 23.6 Å². The van der Waals surface area contributed by atoms with Crippen LogP contribution in [0, 0.1) is 0 Å². The number of rotatable bonds is 5. The van der Waals surface area contributed by atoms with Crippen LogP contribution in [0.2, 0.25) is 0 Å². The molecule has 3 heterocycles. The number of methoxy groups -OCH3 is 2. The third kappa shape index (κ3) is 2.91. The standard InChI is InChI=1S/C20H18N2O5S/c1-26-11-5-6-14(15(8-11)27-2)22-10-13(20(24)25)18-19(22)12(9-17(23)21-18)16-4-3-7-28-16/h3-8,10,12H,9H2,1-2H3,(H,21,23)(H,24,25)/t12-/m0/s1. The molecule has 0 aliphatic carbocycles. The van der Waals surface area contributed by atoms with E-state index < -0.39 is 5.97 Å². The summed E-state index contributed by atoms with van der Waals surface area (Å²) in [6.45, 7) is 0. The quantitative estimate of drug-likeness (QED) is 0.684. The van der Waals surface area contributed by atoms with Crippen LogP contribution in [0.3, 0.4) is 0 Å². The number of nitrogens with zero attached hydrogens (tertiary/aromatic N) is 1. The van der Waals surface area contributed by atoms with Gasteiger partial charge in [0.2, 0.25) is 5.91 Å². The maximum absolute atomic E-state index is 12.3. The number of carbonyl (C=O) groups excluding carboxylic acids is 1. The van der Waals surface area contributed by atoms with Crippen LogP contribution < -0.4 is 14.8 Å². The van der Waals surface area contributed by atoms with E-state index in [-0.39, 0.29) is 23.8 Å². The first-order valence-electron chi connectivity index (χ1n) is 8.57. The number of carboxylic acid groups (broad SMARTS) is 1. The van der Waals surface area contributed by atoms with Crippen LogP contribution >= 0.6 is 11.3 Å². The fourth-order valence-electron chi connectivity index (χ4n) is 3.54. The fraction of sp³-hybridized carbons (Fsp3) is 0.200. The molecule has 0 saturated carbocycles. The number of hydrogen-bond donors (Lipinski definition) is 2. The maximum atomic E-state index is 12.3. The summed E-state index contributed by atoms with van der Waals surface area (Å²) in [4.78, 5) is 25.2. The first-order valence-corrected chi connectivity index (χ1v) is 9.45. The molecule has 1 atom stereocenters. The number of ether oxygens (including phenoxy) is 2. The normalized spacial score (nSPS) is 15.6. The van der Waals surface area contributed by atoms with Gasteiger partial charge in [0.25, 0.3) is 0 Å². The molecule has 1 aliphatic heterocycles. The van der Waals surface area contributed by atoms with E-state index in [4.69, 9.17) is 9.47 Å². The topological polar surface area (TPSA) is 89.8 Å². The number of nitrogens with one attached hydrogen (secondary N) is 1. The van der Waals surface area contributed by atoms with Crippen molar-refractivity contribution in [2.75, 3.05) is 19.5 Å². The lowest BCUT2D eigenvalue weighted by Gasteiger charge is -2.25. The number of fused-ring (bicyclic) bond motifs is 1. The van der Waals surface area contributed by atoms with Crippen LogP contribution in [-0.4, -0.2) is 35.8 Å². The Morgan fingerprint density at radius 1 is 1.29 bits per heavy atom. The van der Waals surface area contributed by atoms with Gasteiger partial charge < -0.3 is 24.5 Å². The number of benzene rings is 1. The van der Waals surface area contributed by atoms with Crippen molar-refractivity contribution in [1.82, 2.24) is 4.57 Å². The van der Waals surface area contributed by atoms with Crippen molar-refractivity contribution in [3.63, 3.8) is 0 Å². The summed E-state index contributed by atoms with van der Waals surface area (Å²) in [5, 5.41) is 14.4. The summed E-state index contributed by atoms with van der Waals surface area (Å²) in [5.74, 6) is -0.384. The van der Waals surface area contributed by atoms with Crippen LogP contribution in [0.1, 0.15) is 33.3 Å². The molecule has 8 heteroatoms. The Morgan fingerprint density at radius 3 is 2.75 bits per heavy atom.